The first-order valence-corrected chi connectivity index (χ1v) is 14.1. The van der Waals surface area contributed by atoms with Gasteiger partial charge in [-0.1, -0.05) is 11.6 Å². The van der Waals surface area contributed by atoms with E-state index in [1.165, 1.54) is 24.4 Å². The summed E-state index contributed by atoms with van der Waals surface area (Å²) in [7, 11) is -4.55. The number of pyridine rings is 1. The van der Waals surface area contributed by atoms with Gasteiger partial charge in [-0.05, 0) is 60.7 Å². The van der Waals surface area contributed by atoms with E-state index in [0.717, 1.165) is 34.9 Å². The van der Waals surface area contributed by atoms with Crippen LogP contribution in [0.4, 0.5) is 22.0 Å². The number of hydrogen-bond donors (Lipinski definition) is 2. The van der Waals surface area contributed by atoms with Gasteiger partial charge in [-0.2, -0.15) is 13.2 Å². The fourth-order valence-electron chi connectivity index (χ4n) is 4.32. The van der Waals surface area contributed by atoms with Crippen molar-refractivity contribution in [3.63, 3.8) is 0 Å². The van der Waals surface area contributed by atoms with E-state index in [0.29, 0.717) is 23.5 Å². The molecule has 0 unspecified atom stereocenters. The van der Waals surface area contributed by atoms with Crippen molar-refractivity contribution in [2.45, 2.75) is 16.9 Å². The van der Waals surface area contributed by atoms with Gasteiger partial charge in [0.1, 0.15) is 21.5 Å². The zero-order valence-electron chi connectivity index (χ0n) is 20.2. The minimum atomic E-state index is -4.82. The Labute approximate surface area is 236 Å². The molecule has 0 aliphatic carbocycles. The summed E-state index contributed by atoms with van der Waals surface area (Å²) in [6, 6.07) is 9.91. The summed E-state index contributed by atoms with van der Waals surface area (Å²) in [6.45, 7) is -0.607. The number of H-pyrrole nitrogens is 1. The smallest absolute Gasteiger partial charge is 0.331 e. The van der Waals surface area contributed by atoms with Crippen molar-refractivity contribution in [2.75, 3.05) is 0 Å². The molecule has 0 aliphatic heterocycles. The van der Waals surface area contributed by atoms with E-state index in [2.05, 4.69) is 4.98 Å². The van der Waals surface area contributed by atoms with Crippen LogP contribution in [0.5, 0.6) is 0 Å². The quantitative estimate of drug-likeness (QED) is 0.220. The predicted octanol–water partition coefficient (Wildman–Crippen LogP) is 6.18. The third kappa shape index (κ3) is 5.49. The van der Waals surface area contributed by atoms with Gasteiger partial charge in [0.25, 0.3) is 21.5 Å². The minimum Gasteiger partial charge on any atom is -0.331 e. The molecule has 5 rings (SSSR count). The van der Waals surface area contributed by atoms with Crippen LogP contribution in [0.2, 0.25) is 4.34 Å². The van der Waals surface area contributed by atoms with Crippen molar-refractivity contribution in [1.82, 2.24) is 14.3 Å². The Bertz CT molecular complexity index is 2000. The third-order valence-electron chi connectivity index (χ3n) is 6.07. The summed E-state index contributed by atoms with van der Waals surface area (Å²) in [5, 5.41) is -0.255. The lowest BCUT2D eigenvalue weighted by Crippen LogP contribution is -2.32. The van der Waals surface area contributed by atoms with Crippen LogP contribution < -0.4 is 10.3 Å². The maximum Gasteiger partial charge on any atom is 0.416 e. The van der Waals surface area contributed by atoms with E-state index in [-0.39, 0.29) is 36.1 Å². The summed E-state index contributed by atoms with van der Waals surface area (Å²) in [6.07, 6.45) is -3.57. The molecule has 0 saturated carbocycles. The van der Waals surface area contributed by atoms with Crippen LogP contribution in [-0.4, -0.2) is 23.9 Å². The van der Waals surface area contributed by atoms with E-state index in [1.807, 2.05) is 4.72 Å². The number of halogens is 6. The molecular formula is C26H15ClF5N3O4S2. The number of hydrogen-bond acceptors (Lipinski definition) is 5. The number of rotatable bonds is 6. The Kier molecular flexibility index (Phi) is 7.26. The number of aromatic nitrogens is 2. The second-order valence-corrected chi connectivity index (χ2v) is 12.3. The number of nitrogens with one attached hydrogen (secondary N) is 2. The van der Waals surface area contributed by atoms with Crippen LogP contribution in [0.3, 0.4) is 0 Å². The molecule has 0 radical (unpaired) electrons. The van der Waals surface area contributed by atoms with Gasteiger partial charge >= 0.3 is 6.18 Å². The zero-order chi connectivity index (χ0) is 29.7. The molecule has 0 bridgehead atoms. The van der Waals surface area contributed by atoms with Crippen molar-refractivity contribution in [3.8, 4) is 11.1 Å². The van der Waals surface area contributed by atoms with E-state index in [9.17, 15) is 40.0 Å². The molecule has 0 atom stereocenters. The number of carbonyl (C=O) groups excluding carboxylic acids is 1. The topological polar surface area (TPSA) is 101 Å². The number of thiophene rings is 1. The zero-order valence-corrected chi connectivity index (χ0v) is 22.6. The molecule has 0 fully saturated rings. The van der Waals surface area contributed by atoms with Gasteiger partial charge in [0, 0.05) is 33.8 Å². The molecule has 3 heterocycles. The second-order valence-electron chi connectivity index (χ2n) is 8.68. The summed E-state index contributed by atoms with van der Waals surface area (Å²) < 4.78 is 98.5. The SMILES string of the molecule is O=C(NS(=O)(=O)c1ccc(Cl)s1)c1c(-c2ccc[nH]c2=O)c2cc(C(F)(F)F)ccc2n1Cc1cc(F)ccc1F. The summed E-state index contributed by atoms with van der Waals surface area (Å²) in [4.78, 5) is 28.9. The number of nitrogens with zero attached hydrogens (tertiary/aromatic N) is 1. The van der Waals surface area contributed by atoms with E-state index in [4.69, 9.17) is 11.6 Å². The second kappa shape index (κ2) is 10.4. The molecule has 2 N–H and O–H groups in total. The van der Waals surface area contributed by atoms with Gasteiger partial charge in [-0.3, -0.25) is 9.59 Å². The fourth-order valence-corrected chi connectivity index (χ4v) is 6.76. The Morgan fingerprint density at radius 3 is 2.46 bits per heavy atom. The van der Waals surface area contributed by atoms with Crippen LogP contribution >= 0.6 is 22.9 Å². The highest BCUT2D eigenvalue weighted by Gasteiger charge is 2.34. The lowest BCUT2D eigenvalue weighted by molar-refractivity contribution is -0.137. The first-order valence-electron chi connectivity index (χ1n) is 11.4. The molecule has 15 heteroatoms. The minimum absolute atomic E-state index is 0.0818. The van der Waals surface area contributed by atoms with Crippen molar-refractivity contribution in [3.05, 3.63) is 110 Å². The Hall–Kier alpha value is -4.01. The summed E-state index contributed by atoms with van der Waals surface area (Å²) in [5.41, 5.74) is -3.49. The van der Waals surface area contributed by atoms with E-state index >= 15 is 0 Å². The van der Waals surface area contributed by atoms with Crippen LogP contribution in [0.1, 0.15) is 21.6 Å². The molecule has 212 valence electrons. The normalized spacial score (nSPS) is 12.1. The van der Waals surface area contributed by atoms with Crippen molar-refractivity contribution in [2.24, 2.45) is 0 Å². The van der Waals surface area contributed by atoms with Gasteiger partial charge in [0.15, 0.2) is 0 Å². The molecule has 2 aromatic carbocycles. The molecule has 0 saturated heterocycles. The highest BCUT2D eigenvalue weighted by atomic mass is 35.5. The summed E-state index contributed by atoms with van der Waals surface area (Å²) in [5.74, 6) is -3.07. The van der Waals surface area contributed by atoms with Crippen LogP contribution in [0, 0.1) is 11.6 Å². The van der Waals surface area contributed by atoms with E-state index in [1.54, 1.807) is 0 Å². The lowest BCUT2D eigenvalue weighted by atomic mass is 10.0. The molecule has 41 heavy (non-hydrogen) atoms. The van der Waals surface area contributed by atoms with Gasteiger partial charge in [0.05, 0.1) is 16.4 Å². The standard InChI is InChI=1S/C26H15ClF5N3O4S2/c27-20-7-8-21(40-20)41(38,39)34-25(37)23-22(16-2-1-9-33-24(16)36)17-11-14(26(30,31)32)3-6-19(17)35(23)12-13-10-15(28)4-5-18(13)29/h1-11H,12H2,(H,33,36)(H,34,37). The van der Waals surface area contributed by atoms with Crippen LogP contribution in [-0.2, 0) is 22.7 Å². The number of benzene rings is 2. The maximum atomic E-state index is 14.7. The van der Waals surface area contributed by atoms with Crippen LogP contribution in [0.15, 0.2) is 75.9 Å². The lowest BCUT2D eigenvalue weighted by Gasteiger charge is -2.13. The number of carbonyl (C=O) groups is 1. The van der Waals surface area contributed by atoms with Crippen LogP contribution in [0.25, 0.3) is 22.0 Å². The highest BCUT2D eigenvalue weighted by Crippen LogP contribution is 2.39. The average molecular weight is 628 g/mol. The molecule has 0 spiro atoms. The molecule has 0 aliphatic rings. The number of sulfonamides is 1. The maximum absolute atomic E-state index is 14.7. The van der Waals surface area contributed by atoms with Gasteiger partial charge in [-0.25, -0.2) is 21.9 Å². The number of alkyl halides is 3. The molecule has 7 nitrogen and oxygen atoms in total. The average Bonchev–Trinajstić information content (AvgIpc) is 3.47. The Morgan fingerprint density at radius 1 is 1.05 bits per heavy atom. The fraction of sp³-hybridized carbons (Fsp3) is 0.0769. The Morgan fingerprint density at radius 2 is 1.80 bits per heavy atom. The first-order chi connectivity index (χ1) is 19.3. The molecule has 5 aromatic rings. The number of amides is 1. The Balaban J connectivity index is 1.83. The van der Waals surface area contributed by atoms with Gasteiger partial charge < -0.3 is 9.55 Å². The van der Waals surface area contributed by atoms with Crippen molar-refractivity contribution >= 4 is 49.8 Å². The molecule has 1 amide bonds. The number of fused-ring (bicyclic) bond motifs is 1. The summed E-state index contributed by atoms with van der Waals surface area (Å²) >= 11 is 6.47. The van der Waals surface area contributed by atoms with Gasteiger partial charge in [0.2, 0.25) is 0 Å². The number of aromatic amines is 1. The van der Waals surface area contributed by atoms with Gasteiger partial charge in [-0.15, -0.1) is 11.3 Å². The van der Waals surface area contributed by atoms with Crippen molar-refractivity contribution in [1.29, 1.82) is 0 Å². The first kappa shape index (κ1) is 28.5. The predicted molar refractivity (Wildman–Crippen MR) is 142 cm³/mol. The largest absolute Gasteiger partial charge is 0.416 e. The van der Waals surface area contributed by atoms with E-state index < -0.39 is 57.1 Å². The monoisotopic (exact) mass is 627 g/mol. The van der Waals surface area contributed by atoms with Crippen molar-refractivity contribution < 1.29 is 35.2 Å². The molecular weight excluding hydrogens is 613 g/mol. The third-order valence-corrected chi connectivity index (χ3v) is 9.12. The highest BCUT2D eigenvalue weighted by molar-refractivity contribution is 7.92. The molecule has 3 aromatic heterocycles.